The Morgan fingerprint density at radius 3 is 2.70 bits per heavy atom. The molecule has 0 saturated carbocycles. The summed E-state index contributed by atoms with van der Waals surface area (Å²) in [5.41, 5.74) is 2.65. The van der Waals surface area contributed by atoms with Crippen molar-refractivity contribution in [2.24, 2.45) is 0 Å². The molecule has 0 unspecified atom stereocenters. The number of hydrogen-bond donors (Lipinski definition) is 3. The smallest absolute Gasteiger partial charge is 0.274 e. The second-order valence-electron chi connectivity index (χ2n) is 4.93. The first-order valence-corrected chi connectivity index (χ1v) is 7.03. The number of aromatic hydroxyl groups is 1. The van der Waals surface area contributed by atoms with Gasteiger partial charge >= 0.3 is 0 Å². The molecule has 0 atom stereocenters. The molecule has 6 heteroatoms. The molecule has 2 aromatic rings. The normalized spacial score (nSPS) is 10.8. The van der Waals surface area contributed by atoms with Crippen LogP contribution < -0.4 is 5.32 Å². The van der Waals surface area contributed by atoms with Crippen LogP contribution in [0.3, 0.4) is 0 Å². The third kappa shape index (κ3) is 2.85. The van der Waals surface area contributed by atoms with Gasteiger partial charge < -0.3 is 10.4 Å². The number of halogens is 1. The molecule has 0 aliphatic carbocycles. The first-order chi connectivity index (χ1) is 9.40. The van der Waals surface area contributed by atoms with Crippen LogP contribution in [0.4, 0.5) is 5.69 Å². The van der Waals surface area contributed by atoms with E-state index < -0.39 is 0 Å². The molecule has 20 heavy (non-hydrogen) atoms. The number of nitrogens with one attached hydrogen (secondary N) is 2. The largest absolute Gasteiger partial charge is 0.508 e. The van der Waals surface area contributed by atoms with Gasteiger partial charge in [-0.15, -0.1) is 0 Å². The zero-order valence-corrected chi connectivity index (χ0v) is 13.1. The van der Waals surface area contributed by atoms with Crippen LogP contribution in [0.5, 0.6) is 5.75 Å². The molecular formula is C14H16BrN3O2. The second kappa shape index (κ2) is 5.66. The summed E-state index contributed by atoms with van der Waals surface area (Å²) in [7, 11) is 0. The molecule has 1 aromatic heterocycles. The van der Waals surface area contributed by atoms with Gasteiger partial charge in [-0.2, -0.15) is 5.10 Å². The number of anilines is 1. The number of rotatable bonds is 3. The minimum atomic E-state index is -0.280. The summed E-state index contributed by atoms with van der Waals surface area (Å²) in [6.07, 6.45) is 1.53. The maximum Gasteiger partial charge on any atom is 0.274 e. The number of carbonyl (C=O) groups is 1. The van der Waals surface area contributed by atoms with E-state index >= 15 is 0 Å². The quantitative estimate of drug-likeness (QED) is 0.749. The molecule has 0 saturated heterocycles. The van der Waals surface area contributed by atoms with Crippen LogP contribution >= 0.6 is 15.9 Å². The third-order valence-electron chi connectivity index (χ3n) is 3.06. The number of carbonyl (C=O) groups excluding carboxylic acids is 1. The second-order valence-corrected chi connectivity index (χ2v) is 5.78. The van der Waals surface area contributed by atoms with Gasteiger partial charge in [0.05, 0.1) is 10.7 Å². The summed E-state index contributed by atoms with van der Waals surface area (Å²) in [5, 5.41) is 19.2. The SMILES string of the molecule is Cc1cc(O)c(C(C)C)cc1NC(=O)c1[nH]ncc1Br. The lowest BCUT2D eigenvalue weighted by atomic mass is 9.99. The molecule has 106 valence electrons. The predicted molar refractivity (Wildman–Crippen MR) is 81.2 cm³/mol. The summed E-state index contributed by atoms with van der Waals surface area (Å²) in [4.78, 5) is 12.1. The van der Waals surface area contributed by atoms with Crippen LogP contribution in [-0.2, 0) is 0 Å². The van der Waals surface area contributed by atoms with Crippen molar-refractivity contribution < 1.29 is 9.90 Å². The molecule has 1 amide bonds. The molecule has 2 rings (SSSR count). The molecule has 0 spiro atoms. The van der Waals surface area contributed by atoms with Crippen molar-refractivity contribution in [2.45, 2.75) is 26.7 Å². The Labute approximate surface area is 125 Å². The Bertz CT molecular complexity index is 650. The monoisotopic (exact) mass is 337 g/mol. The average Bonchev–Trinajstić information content (AvgIpc) is 2.78. The molecule has 3 N–H and O–H groups in total. The number of phenolic OH excluding ortho intramolecular Hbond substituents is 1. The van der Waals surface area contributed by atoms with Crippen LogP contribution in [0, 0.1) is 6.92 Å². The molecule has 0 fully saturated rings. The van der Waals surface area contributed by atoms with E-state index in [1.54, 1.807) is 12.1 Å². The van der Waals surface area contributed by atoms with Crippen LogP contribution in [0.25, 0.3) is 0 Å². The zero-order valence-electron chi connectivity index (χ0n) is 11.5. The number of nitrogens with zero attached hydrogens (tertiary/aromatic N) is 1. The third-order valence-corrected chi connectivity index (χ3v) is 3.67. The Morgan fingerprint density at radius 1 is 1.45 bits per heavy atom. The fraction of sp³-hybridized carbons (Fsp3) is 0.286. The highest BCUT2D eigenvalue weighted by Crippen LogP contribution is 2.31. The molecule has 0 aliphatic rings. The van der Waals surface area contributed by atoms with Gasteiger partial charge in [0.1, 0.15) is 11.4 Å². The average molecular weight is 338 g/mol. The molecule has 1 aromatic carbocycles. The van der Waals surface area contributed by atoms with E-state index in [4.69, 9.17) is 0 Å². The molecule has 1 heterocycles. The highest BCUT2D eigenvalue weighted by molar-refractivity contribution is 9.10. The van der Waals surface area contributed by atoms with E-state index in [2.05, 4.69) is 31.4 Å². The van der Waals surface area contributed by atoms with Crippen molar-refractivity contribution in [1.29, 1.82) is 0 Å². The summed E-state index contributed by atoms with van der Waals surface area (Å²) >= 11 is 3.25. The van der Waals surface area contributed by atoms with Crippen molar-refractivity contribution in [1.82, 2.24) is 10.2 Å². The van der Waals surface area contributed by atoms with Crippen molar-refractivity contribution in [3.63, 3.8) is 0 Å². The van der Waals surface area contributed by atoms with Gasteiger partial charge in [-0.25, -0.2) is 0 Å². The van der Waals surface area contributed by atoms with Crippen LogP contribution in [0.2, 0.25) is 0 Å². The van der Waals surface area contributed by atoms with Crippen molar-refractivity contribution in [2.75, 3.05) is 5.32 Å². The summed E-state index contributed by atoms with van der Waals surface area (Å²) in [5.74, 6) is 0.140. The topological polar surface area (TPSA) is 78.0 Å². The lowest BCUT2D eigenvalue weighted by molar-refractivity contribution is 0.102. The molecule has 0 bridgehead atoms. The highest BCUT2D eigenvalue weighted by atomic mass is 79.9. The van der Waals surface area contributed by atoms with E-state index in [9.17, 15) is 9.90 Å². The van der Waals surface area contributed by atoms with E-state index in [0.29, 0.717) is 15.9 Å². The lowest BCUT2D eigenvalue weighted by Gasteiger charge is -2.14. The van der Waals surface area contributed by atoms with Gasteiger partial charge in [-0.05, 0) is 52.0 Å². The predicted octanol–water partition coefficient (Wildman–Crippen LogP) is 3.56. The number of H-pyrrole nitrogens is 1. The zero-order chi connectivity index (χ0) is 14.9. The Morgan fingerprint density at radius 2 is 2.15 bits per heavy atom. The summed E-state index contributed by atoms with van der Waals surface area (Å²) in [6, 6.07) is 3.46. The minimum Gasteiger partial charge on any atom is -0.508 e. The maximum atomic E-state index is 12.1. The fourth-order valence-corrected chi connectivity index (χ4v) is 2.29. The van der Waals surface area contributed by atoms with E-state index in [0.717, 1.165) is 11.1 Å². The Hall–Kier alpha value is -1.82. The number of amides is 1. The van der Waals surface area contributed by atoms with Gasteiger partial charge in [-0.3, -0.25) is 9.89 Å². The van der Waals surface area contributed by atoms with Crippen molar-refractivity contribution in [3.8, 4) is 5.75 Å². The van der Waals surface area contributed by atoms with Crippen LogP contribution in [0.15, 0.2) is 22.8 Å². The van der Waals surface area contributed by atoms with Crippen LogP contribution in [0.1, 0.15) is 41.4 Å². The maximum absolute atomic E-state index is 12.1. The van der Waals surface area contributed by atoms with Gasteiger partial charge in [0, 0.05) is 5.69 Å². The number of aromatic amines is 1. The minimum absolute atomic E-state index is 0.171. The van der Waals surface area contributed by atoms with E-state index in [1.807, 2.05) is 20.8 Å². The Balaban J connectivity index is 2.32. The van der Waals surface area contributed by atoms with Gasteiger partial charge in [-0.1, -0.05) is 13.8 Å². The fourth-order valence-electron chi connectivity index (χ4n) is 1.92. The van der Waals surface area contributed by atoms with E-state index in [-0.39, 0.29) is 17.6 Å². The number of benzene rings is 1. The van der Waals surface area contributed by atoms with Crippen LogP contribution in [-0.4, -0.2) is 21.2 Å². The molecule has 0 radical (unpaired) electrons. The molecular weight excluding hydrogens is 322 g/mol. The lowest BCUT2D eigenvalue weighted by Crippen LogP contribution is -2.14. The summed E-state index contributed by atoms with van der Waals surface area (Å²) < 4.78 is 0.607. The number of hydrogen-bond acceptors (Lipinski definition) is 3. The molecule has 0 aliphatic heterocycles. The highest BCUT2D eigenvalue weighted by Gasteiger charge is 2.15. The number of aromatic nitrogens is 2. The summed E-state index contributed by atoms with van der Waals surface area (Å²) in [6.45, 7) is 5.81. The van der Waals surface area contributed by atoms with Gasteiger partial charge in [0.15, 0.2) is 0 Å². The standard InChI is InChI=1S/C14H16BrN3O2/c1-7(2)9-5-11(8(3)4-12(9)19)17-14(20)13-10(15)6-16-18-13/h4-7,19H,1-3H3,(H,16,18)(H,17,20). The number of aryl methyl sites for hydroxylation is 1. The first-order valence-electron chi connectivity index (χ1n) is 6.24. The first kappa shape index (κ1) is 14.6. The van der Waals surface area contributed by atoms with Gasteiger partial charge in [0.25, 0.3) is 5.91 Å². The van der Waals surface area contributed by atoms with E-state index in [1.165, 1.54) is 6.20 Å². The number of phenols is 1. The van der Waals surface area contributed by atoms with Crippen molar-refractivity contribution >= 4 is 27.5 Å². The van der Waals surface area contributed by atoms with Gasteiger partial charge in [0.2, 0.25) is 0 Å². The Kier molecular flexibility index (Phi) is 4.13. The molecule has 5 nitrogen and oxygen atoms in total. The van der Waals surface area contributed by atoms with Crippen molar-refractivity contribution in [3.05, 3.63) is 39.6 Å².